The largest absolute Gasteiger partial charge is 0.339 e. The summed E-state index contributed by atoms with van der Waals surface area (Å²) in [5.41, 5.74) is 1.46. The zero-order valence-electron chi connectivity index (χ0n) is 13.6. The summed E-state index contributed by atoms with van der Waals surface area (Å²) in [6, 6.07) is 14.2. The van der Waals surface area contributed by atoms with Crippen LogP contribution in [0.2, 0.25) is 0 Å². The van der Waals surface area contributed by atoms with E-state index >= 15 is 0 Å². The molecule has 0 unspecified atom stereocenters. The van der Waals surface area contributed by atoms with Gasteiger partial charge in [0.15, 0.2) is 5.78 Å². The van der Waals surface area contributed by atoms with Gasteiger partial charge in [-0.15, -0.1) is 0 Å². The number of hydrogen-bond acceptors (Lipinski definition) is 3. The maximum absolute atomic E-state index is 13.0. The van der Waals surface area contributed by atoms with Gasteiger partial charge in [-0.3, -0.25) is 9.59 Å². The number of rotatable bonds is 3. The van der Waals surface area contributed by atoms with Crippen molar-refractivity contribution in [1.29, 1.82) is 5.26 Å². The smallest absolute Gasteiger partial charge is 0.253 e. The zero-order chi connectivity index (χ0) is 17.8. The van der Waals surface area contributed by atoms with Crippen molar-refractivity contribution in [3.63, 3.8) is 0 Å². The van der Waals surface area contributed by atoms with Crippen LogP contribution >= 0.6 is 0 Å². The Kier molecular flexibility index (Phi) is 4.90. The lowest BCUT2D eigenvalue weighted by Gasteiger charge is -2.31. The molecule has 126 valence electrons. The second kappa shape index (κ2) is 7.27. The lowest BCUT2D eigenvalue weighted by atomic mass is 9.88. The molecule has 1 aliphatic heterocycles. The van der Waals surface area contributed by atoms with Gasteiger partial charge in [-0.2, -0.15) is 5.26 Å². The molecule has 1 aliphatic rings. The van der Waals surface area contributed by atoms with Gasteiger partial charge in [0.05, 0.1) is 11.6 Å². The SMILES string of the molecule is N#Cc1cccc(C(=O)C2CCN(C(=O)c3ccc(F)cc3)CC2)c1. The Labute approximate surface area is 145 Å². The first kappa shape index (κ1) is 16.8. The molecule has 25 heavy (non-hydrogen) atoms. The molecule has 0 spiro atoms. The molecule has 0 N–H and O–H groups in total. The number of likely N-dealkylation sites (tertiary alicyclic amines) is 1. The van der Waals surface area contributed by atoms with Crippen LogP contribution in [0.25, 0.3) is 0 Å². The number of hydrogen-bond donors (Lipinski definition) is 0. The second-order valence-electron chi connectivity index (χ2n) is 6.13. The van der Waals surface area contributed by atoms with Gasteiger partial charge < -0.3 is 4.90 Å². The van der Waals surface area contributed by atoms with E-state index in [9.17, 15) is 14.0 Å². The van der Waals surface area contributed by atoms with Crippen LogP contribution in [-0.4, -0.2) is 29.7 Å². The molecule has 0 atom stereocenters. The van der Waals surface area contributed by atoms with Crippen molar-refractivity contribution in [3.05, 3.63) is 71.0 Å². The van der Waals surface area contributed by atoms with Crippen LogP contribution in [0.15, 0.2) is 48.5 Å². The van der Waals surface area contributed by atoms with Crippen molar-refractivity contribution >= 4 is 11.7 Å². The molecule has 1 amide bonds. The van der Waals surface area contributed by atoms with E-state index in [-0.39, 0.29) is 23.4 Å². The van der Waals surface area contributed by atoms with E-state index < -0.39 is 0 Å². The molecule has 3 rings (SSSR count). The minimum Gasteiger partial charge on any atom is -0.339 e. The number of piperidine rings is 1. The molecule has 2 aromatic rings. The second-order valence-corrected chi connectivity index (χ2v) is 6.13. The minimum absolute atomic E-state index is 0.0194. The van der Waals surface area contributed by atoms with Crippen LogP contribution < -0.4 is 0 Å². The molecule has 0 aromatic heterocycles. The Hall–Kier alpha value is -3.00. The molecule has 1 heterocycles. The number of nitriles is 1. The van der Waals surface area contributed by atoms with Crippen molar-refractivity contribution in [2.45, 2.75) is 12.8 Å². The third-order valence-electron chi connectivity index (χ3n) is 4.52. The third-order valence-corrected chi connectivity index (χ3v) is 4.52. The van der Waals surface area contributed by atoms with Crippen LogP contribution in [0.3, 0.4) is 0 Å². The van der Waals surface area contributed by atoms with Crippen LogP contribution in [0, 0.1) is 23.1 Å². The highest BCUT2D eigenvalue weighted by atomic mass is 19.1. The van der Waals surface area contributed by atoms with Gasteiger partial charge in [0.2, 0.25) is 0 Å². The van der Waals surface area contributed by atoms with Gasteiger partial charge in [-0.1, -0.05) is 12.1 Å². The monoisotopic (exact) mass is 336 g/mol. The van der Waals surface area contributed by atoms with E-state index in [2.05, 4.69) is 0 Å². The molecule has 4 nitrogen and oxygen atoms in total. The molecule has 0 saturated carbocycles. The van der Waals surface area contributed by atoms with Gasteiger partial charge in [0.1, 0.15) is 5.82 Å². The number of ketones is 1. The Bertz CT molecular complexity index is 832. The quantitative estimate of drug-likeness (QED) is 0.807. The number of nitrogens with zero attached hydrogens (tertiary/aromatic N) is 2. The van der Waals surface area contributed by atoms with Crippen LogP contribution in [0.5, 0.6) is 0 Å². The average Bonchev–Trinajstić information content (AvgIpc) is 2.67. The topological polar surface area (TPSA) is 61.2 Å². The summed E-state index contributed by atoms with van der Waals surface area (Å²) in [6.45, 7) is 0.981. The number of carbonyl (C=O) groups excluding carboxylic acids is 2. The summed E-state index contributed by atoms with van der Waals surface area (Å²) in [4.78, 5) is 26.7. The Balaban J connectivity index is 1.63. The van der Waals surface area contributed by atoms with Crippen molar-refractivity contribution in [1.82, 2.24) is 4.90 Å². The molecule has 0 aliphatic carbocycles. The van der Waals surface area contributed by atoms with E-state index in [0.717, 1.165) is 0 Å². The van der Waals surface area contributed by atoms with Crippen LogP contribution in [0.1, 0.15) is 39.1 Å². The number of halogens is 1. The minimum atomic E-state index is -0.375. The number of amides is 1. The van der Waals surface area contributed by atoms with Crippen molar-refractivity contribution < 1.29 is 14.0 Å². The maximum Gasteiger partial charge on any atom is 0.253 e. The van der Waals surface area contributed by atoms with E-state index in [1.165, 1.54) is 24.3 Å². The predicted molar refractivity (Wildman–Crippen MR) is 90.5 cm³/mol. The van der Waals surface area contributed by atoms with Crippen molar-refractivity contribution in [2.75, 3.05) is 13.1 Å². The van der Waals surface area contributed by atoms with Gasteiger partial charge in [-0.05, 0) is 49.2 Å². The van der Waals surface area contributed by atoms with Crippen LogP contribution in [0.4, 0.5) is 4.39 Å². The summed E-state index contributed by atoms with van der Waals surface area (Å²) in [5, 5.41) is 8.95. The van der Waals surface area contributed by atoms with Gasteiger partial charge in [-0.25, -0.2) is 4.39 Å². The van der Waals surface area contributed by atoms with E-state index in [1.807, 2.05) is 6.07 Å². The highest BCUT2D eigenvalue weighted by molar-refractivity contribution is 5.98. The van der Waals surface area contributed by atoms with Crippen LogP contribution in [-0.2, 0) is 0 Å². The van der Waals surface area contributed by atoms with Crippen molar-refractivity contribution in [2.24, 2.45) is 5.92 Å². The Morgan fingerprint density at radius 3 is 2.36 bits per heavy atom. The zero-order valence-corrected chi connectivity index (χ0v) is 13.6. The molecule has 5 heteroatoms. The first-order valence-electron chi connectivity index (χ1n) is 8.17. The first-order chi connectivity index (χ1) is 12.1. The third kappa shape index (κ3) is 3.74. The lowest BCUT2D eigenvalue weighted by molar-refractivity contribution is 0.0650. The van der Waals surface area contributed by atoms with E-state index in [1.54, 1.807) is 29.2 Å². The normalized spacial score (nSPS) is 14.8. The summed E-state index contributed by atoms with van der Waals surface area (Å²) < 4.78 is 13.0. The van der Waals surface area contributed by atoms with Gasteiger partial charge in [0.25, 0.3) is 5.91 Å². The molecular weight excluding hydrogens is 319 g/mol. The van der Waals surface area contributed by atoms with E-state index in [4.69, 9.17) is 5.26 Å². The summed E-state index contributed by atoms with van der Waals surface area (Å²) >= 11 is 0. The molecule has 0 radical (unpaired) electrons. The van der Waals surface area contributed by atoms with Crippen molar-refractivity contribution in [3.8, 4) is 6.07 Å². The molecular formula is C20H17FN2O2. The maximum atomic E-state index is 13.0. The molecule has 1 fully saturated rings. The summed E-state index contributed by atoms with van der Waals surface area (Å²) in [6.07, 6.45) is 1.17. The highest BCUT2D eigenvalue weighted by Gasteiger charge is 2.28. The van der Waals surface area contributed by atoms with E-state index in [0.29, 0.717) is 42.6 Å². The standard InChI is InChI=1S/C20H17FN2O2/c21-18-6-4-16(5-7-18)20(25)23-10-8-15(9-11-23)19(24)17-3-1-2-14(12-17)13-22/h1-7,12,15H,8-11H2. The predicted octanol–water partition coefficient (Wildman–Crippen LogP) is 3.43. The van der Waals surface area contributed by atoms with Gasteiger partial charge >= 0.3 is 0 Å². The fourth-order valence-corrected chi connectivity index (χ4v) is 3.10. The first-order valence-corrected chi connectivity index (χ1v) is 8.17. The lowest BCUT2D eigenvalue weighted by Crippen LogP contribution is -2.40. The fraction of sp³-hybridized carbons (Fsp3) is 0.250. The fourth-order valence-electron chi connectivity index (χ4n) is 3.10. The Morgan fingerprint density at radius 2 is 1.72 bits per heavy atom. The van der Waals surface area contributed by atoms with Gasteiger partial charge in [0, 0.05) is 30.1 Å². The summed E-state index contributed by atoms with van der Waals surface area (Å²) in [5.74, 6) is -0.643. The molecule has 2 aromatic carbocycles. The number of carbonyl (C=O) groups is 2. The average molecular weight is 336 g/mol. The Morgan fingerprint density at radius 1 is 1.04 bits per heavy atom. The molecule has 1 saturated heterocycles. The number of Topliss-reactive ketones (excluding diaryl/α,β-unsaturated/α-hetero) is 1. The molecule has 0 bridgehead atoms. The highest BCUT2D eigenvalue weighted by Crippen LogP contribution is 2.23. The summed E-state index contributed by atoms with van der Waals surface area (Å²) in [7, 11) is 0. The number of benzene rings is 2.